The Morgan fingerprint density at radius 3 is 3.00 bits per heavy atom. The number of nitrogens with one attached hydrogen (secondary N) is 2. The number of guanidine groups is 1. The van der Waals surface area contributed by atoms with Crippen LogP contribution in [-0.2, 0) is 6.42 Å². The summed E-state index contributed by atoms with van der Waals surface area (Å²) in [5.41, 5.74) is 1.16. The molecule has 1 unspecified atom stereocenters. The Hall–Kier alpha value is -1.55. The predicted octanol–water partition coefficient (Wildman–Crippen LogP) is 3.03. The van der Waals surface area contributed by atoms with Gasteiger partial charge in [0, 0.05) is 42.8 Å². The molecule has 1 atom stereocenters. The van der Waals surface area contributed by atoms with Crippen molar-refractivity contribution in [2.24, 2.45) is 4.99 Å². The van der Waals surface area contributed by atoms with Crippen LogP contribution in [0.4, 0.5) is 5.69 Å². The molecule has 0 amide bonds. The third-order valence-electron chi connectivity index (χ3n) is 4.21. The van der Waals surface area contributed by atoms with Crippen molar-refractivity contribution in [3.8, 4) is 0 Å². The summed E-state index contributed by atoms with van der Waals surface area (Å²) in [5, 5.41) is 11.4. The smallest absolute Gasteiger partial charge is 0.228 e. The average molecular weight is 505 g/mol. The van der Waals surface area contributed by atoms with E-state index >= 15 is 0 Å². The van der Waals surface area contributed by atoms with Crippen molar-refractivity contribution in [3.63, 3.8) is 0 Å². The van der Waals surface area contributed by atoms with Gasteiger partial charge in [0.2, 0.25) is 5.89 Å². The van der Waals surface area contributed by atoms with Crippen LogP contribution in [0.3, 0.4) is 0 Å². The minimum Gasteiger partial charge on any atom is -0.369 e. The van der Waals surface area contributed by atoms with Crippen LogP contribution in [0.5, 0.6) is 0 Å². The lowest BCUT2D eigenvalue weighted by molar-refractivity contribution is 0.376. The number of aromatic nitrogens is 2. The minimum atomic E-state index is 0. The third-order valence-corrected chi connectivity index (χ3v) is 4.45. The first-order valence-corrected chi connectivity index (χ1v) is 9.36. The molecule has 1 fully saturated rings. The van der Waals surface area contributed by atoms with Crippen molar-refractivity contribution in [1.29, 1.82) is 0 Å². The molecule has 2 heterocycles. The Morgan fingerprint density at radius 2 is 2.30 bits per heavy atom. The van der Waals surface area contributed by atoms with Crippen LogP contribution in [0.15, 0.2) is 33.8 Å². The molecule has 9 heteroatoms. The maximum absolute atomic E-state index is 6.11. The van der Waals surface area contributed by atoms with E-state index < -0.39 is 0 Å². The zero-order valence-electron chi connectivity index (χ0n) is 15.6. The zero-order chi connectivity index (χ0) is 18.4. The largest absolute Gasteiger partial charge is 0.369 e. The molecule has 2 N–H and O–H groups in total. The Labute approximate surface area is 182 Å². The van der Waals surface area contributed by atoms with Crippen LogP contribution in [0.25, 0.3) is 0 Å². The van der Waals surface area contributed by atoms with Gasteiger partial charge >= 0.3 is 0 Å². The highest BCUT2D eigenvalue weighted by Gasteiger charge is 2.23. The van der Waals surface area contributed by atoms with E-state index in [9.17, 15) is 0 Å². The molecule has 1 aliphatic rings. The van der Waals surface area contributed by atoms with Crippen molar-refractivity contribution >= 4 is 47.2 Å². The lowest BCUT2D eigenvalue weighted by atomic mass is 10.2. The summed E-state index contributed by atoms with van der Waals surface area (Å²) in [6.07, 6.45) is 1.69. The number of halogens is 2. The van der Waals surface area contributed by atoms with Crippen molar-refractivity contribution < 1.29 is 4.52 Å². The van der Waals surface area contributed by atoms with E-state index in [0.29, 0.717) is 30.7 Å². The Kier molecular flexibility index (Phi) is 8.62. The fraction of sp³-hybridized carbons (Fsp3) is 0.500. The molecule has 148 valence electrons. The van der Waals surface area contributed by atoms with E-state index in [1.807, 2.05) is 25.1 Å². The summed E-state index contributed by atoms with van der Waals surface area (Å²) in [6.45, 7) is 7.21. The molecule has 1 aromatic carbocycles. The summed E-state index contributed by atoms with van der Waals surface area (Å²) in [7, 11) is 0. The molecule has 0 spiro atoms. The first-order valence-electron chi connectivity index (χ1n) is 8.98. The maximum Gasteiger partial charge on any atom is 0.228 e. The molecular formula is C18H26ClIN6O. The van der Waals surface area contributed by atoms with E-state index in [4.69, 9.17) is 16.1 Å². The molecule has 27 heavy (non-hydrogen) atoms. The first kappa shape index (κ1) is 21.7. The van der Waals surface area contributed by atoms with Crippen LogP contribution in [-0.4, -0.2) is 48.3 Å². The zero-order valence-corrected chi connectivity index (χ0v) is 18.7. The Bertz CT molecular complexity index is 753. The summed E-state index contributed by atoms with van der Waals surface area (Å²) in [6, 6.07) is 8.34. The molecule has 0 radical (unpaired) electrons. The lowest BCUT2D eigenvalue weighted by Crippen LogP contribution is -2.44. The van der Waals surface area contributed by atoms with E-state index in [1.54, 1.807) is 0 Å². The number of rotatable bonds is 6. The van der Waals surface area contributed by atoms with E-state index in [1.165, 1.54) is 0 Å². The van der Waals surface area contributed by atoms with Gasteiger partial charge in [-0.1, -0.05) is 22.8 Å². The highest BCUT2D eigenvalue weighted by atomic mass is 127. The molecule has 2 aromatic rings. The topological polar surface area (TPSA) is 78.6 Å². The van der Waals surface area contributed by atoms with E-state index in [-0.39, 0.29) is 24.0 Å². The molecule has 0 bridgehead atoms. The van der Waals surface area contributed by atoms with Crippen molar-refractivity contribution in [1.82, 2.24) is 20.8 Å². The number of nitrogens with zero attached hydrogens (tertiary/aromatic N) is 4. The second kappa shape index (κ2) is 10.7. The second-order valence-electron chi connectivity index (χ2n) is 6.30. The molecule has 3 rings (SSSR count). The van der Waals surface area contributed by atoms with Gasteiger partial charge in [0.25, 0.3) is 0 Å². The number of aryl methyl sites for hydroxylation is 1. The van der Waals surface area contributed by atoms with Gasteiger partial charge in [-0.3, -0.25) is 4.99 Å². The molecule has 1 aromatic heterocycles. The predicted molar refractivity (Wildman–Crippen MR) is 119 cm³/mol. The quantitative estimate of drug-likeness (QED) is 0.358. The fourth-order valence-electron chi connectivity index (χ4n) is 3.00. The Morgan fingerprint density at radius 1 is 1.44 bits per heavy atom. The van der Waals surface area contributed by atoms with E-state index in [0.717, 1.165) is 42.7 Å². The lowest BCUT2D eigenvalue weighted by Gasteiger charge is -2.20. The number of aliphatic imine (C=N–C) groups is 1. The number of benzene rings is 1. The molecule has 1 aliphatic heterocycles. The highest BCUT2D eigenvalue weighted by molar-refractivity contribution is 14.0. The SMILES string of the molecule is CCNC(=NCCc1nc(C)no1)NC1CCN(c2cccc(Cl)c2)C1.I. The van der Waals surface area contributed by atoms with Gasteiger partial charge in [-0.2, -0.15) is 4.98 Å². The summed E-state index contributed by atoms with van der Waals surface area (Å²) in [4.78, 5) is 11.2. The molecule has 0 saturated carbocycles. The summed E-state index contributed by atoms with van der Waals surface area (Å²) < 4.78 is 5.12. The van der Waals surface area contributed by atoms with Crippen molar-refractivity contribution in [2.45, 2.75) is 32.7 Å². The van der Waals surface area contributed by atoms with Crippen LogP contribution in [0.2, 0.25) is 5.02 Å². The van der Waals surface area contributed by atoms with Crippen LogP contribution < -0.4 is 15.5 Å². The summed E-state index contributed by atoms with van der Waals surface area (Å²) in [5.74, 6) is 2.10. The molecule has 7 nitrogen and oxygen atoms in total. The van der Waals surface area contributed by atoms with Gasteiger partial charge in [-0.15, -0.1) is 24.0 Å². The van der Waals surface area contributed by atoms with Gasteiger partial charge < -0.3 is 20.1 Å². The monoisotopic (exact) mass is 504 g/mol. The fourth-order valence-corrected chi connectivity index (χ4v) is 3.19. The molecular weight excluding hydrogens is 479 g/mol. The van der Waals surface area contributed by atoms with Crippen LogP contribution in [0.1, 0.15) is 25.1 Å². The van der Waals surface area contributed by atoms with Gasteiger partial charge in [-0.05, 0) is 38.5 Å². The third kappa shape index (κ3) is 6.53. The van der Waals surface area contributed by atoms with Crippen molar-refractivity contribution in [2.75, 3.05) is 31.1 Å². The highest BCUT2D eigenvalue weighted by Crippen LogP contribution is 2.23. The van der Waals surface area contributed by atoms with Gasteiger partial charge in [0.05, 0.1) is 6.54 Å². The first-order chi connectivity index (χ1) is 12.6. The molecule has 1 saturated heterocycles. The average Bonchev–Trinajstić information content (AvgIpc) is 3.24. The second-order valence-corrected chi connectivity index (χ2v) is 6.74. The van der Waals surface area contributed by atoms with Crippen LogP contribution >= 0.6 is 35.6 Å². The number of hydrogen-bond acceptors (Lipinski definition) is 5. The normalized spacial score (nSPS) is 16.9. The number of anilines is 1. The standard InChI is InChI=1S/C18H25ClN6O.HI/c1-3-20-18(21-9-7-17-22-13(2)24-26-17)23-15-8-10-25(12-15)16-6-4-5-14(19)11-16;/h4-6,11,15H,3,7-10,12H2,1-2H3,(H2,20,21,23);1H. The number of hydrogen-bond donors (Lipinski definition) is 2. The van der Waals surface area contributed by atoms with Gasteiger partial charge in [0.15, 0.2) is 11.8 Å². The van der Waals surface area contributed by atoms with Gasteiger partial charge in [0.1, 0.15) is 0 Å². The molecule has 0 aliphatic carbocycles. The minimum absolute atomic E-state index is 0. The van der Waals surface area contributed by atoms with Crippen molar-refractivity contribution in [3.05, 3.63) is 41.0 Å². The van der Waals surface area contributed by atoms with E-state index in [2.05, 4.69) is 43.7 Å². The maximum atomic E-state index is 6.11. The Balaban J connectivity index is 0.00000261. The van der Waals surface area contributed by atoms with Gasteiger partial charge in [-0.25, -0.2) is 0 Å². The summed E-state index contributed by atoms with van der Waals surface area (Å²) >= 11 is 6.11. The van der Waals surface area contributed by atoms with Crippen LogP contribution in [0, 0.1) is 6.92 Å².